The van der Waals surface area contributed by atoms with Crippen molar-refractivity contribution in [3.63, 3.8) is 0 Å². The molecule has 0 unspecified atom stereocenters. The summed E-state index contributed by atoms with van der Waals surface area (Å²) in [5, 5.41) is 4.74. The maximum absolute atomic E-state index is 13.0. The first-order valence-corrected chi connectivity index (χ1v) is 14.1. The van der Waals surface area contributed by atoms with E-state index >= 15 is 0 Å². The highest BCUT2D eigenvalue weighted by Gasteiger charge is 2.32. The zero-order valence-corrected chi connectivity index (χ0v) is 24.7. The second-order valence-electron chi connectivity index (χ2n) is 12.9. The molecule has 2 aromatic rings. The lowest BCUT2D eigenvalue weighted by Gasteiger charge is -2.34. The minimum Gasteiger partial charge on any atom is -0.444 e. The van der Waals surface area contributed by atoms with E-state index in [1.807, 2.05) is 41.5 Å². The number of ether oxygens (including phenoxy) is 2. The highest BCUT2D eigenvalue weighted by Crippen LogP contribution is 2.34. The lowest BCUT2D eigenvalue weighted by Crippen LogP contribution is -2.43. The second kappa shape index (κ2) is 11.7. The van der Waals surface area contributed by atoms with Crippen LogP contribution in [0, 0.1) is 0 Å². The Morgan fingerprint density at radius 1 is 0.897 bits per heavy atom. The number of carbonyl (C=O) groups excluding carboxylic acids is 2. The van der Waals surface area contributed by atoms with Crippen LogP contribution in [0.4, 0.5) is 9.59 Å². The third-order valence-corrected chi connectivity index (χ3v) is 7.05. The summed E-state index contributed by atoms with van der Waals surface area (Å²) in [7, 11) is 2.17. The molecule has 1 amide bonds. The monoisotopic (exact) mass is 539 g/mol. The van der Waals surface area contributed by atoms with Crippen LogP contribution in [0.15, 0.2) is 30.5 Å². The Balaban J connectivity index is 1.58. The minimum atomic E-state index is -0.632. The summed E-state index contributed by atoms with van der Waals surface area (Å²) in [6.45, 7) is 17.5. The predicted molar refractivity (Wildman–Crippen MR) is 152 cm³/mol. The summed E-state index contributed by atoms with van der Waals surface area (Å²) >= 11 is 0. The van der Waals surface area contributed by atoms with Gasteiger partial charge in [-0.3, -0.25) is 4.90 Å². The van der Waals surface area contributed by atoms with Crippen LogP contribution in [-0.2, 0) is 16.0 Å². The van der Waals surface area contributed by atoms with Gasteiger partial charge >= 0.3 is 12.2 Å². The van der Waals surface area contributed by atoms with Crippen LogP contribution in [0.3, 0.4) is 0 Å². The number of amides is 1. The van der Waals surface area contributed by atoms with Gasteiger partial charge in [-0.05, 0) is 72.6 Å². The van der Waals surface area contributed by atoms with Gasteiger partial charge in [0.1, 0.15) is 11.2 Å². The van der Waals surface area contributed by atoms with E-state index < -0.39 is 17.3 Å². The van der Waals surface area contributed by atoms with Gasteiger partial charge in [-0.2, -0.15) is 9.78 Å². The number of nitrogens with zero attached hydrogens (tertiary/aromatic N) is 5. The van der Waals surface area contributed by atoms with Crippen molar-refractivity contribution in [2.24, 2.45) is 0 Å². The fraction of sp³-hybridized carbons (Fsp3) is 0.633. The molecular weight excluding hydrogens is 494 g/mol. The molecule has 2 fully saturated rings. The van der Waals surface area contributed by atoms with E-state index in [1.54, 1.807) is 11.1 Å². The number of hydrogen-bond acceptors (Lipinski definition) is 7. The highest BCUT2D eigenvalue weighted by atomic mass is 16.6. The molecule has 1 atom stereocenters. The number of aromatic nitrogens is 2. The van der Waals surface area contributed by atoms with Gasteiger partial charge in [0.25, 0.3) is 0 Å². The fourth-order valence-electron chi connectivity index (χ4n) is 5.06. The molecule has 214 valence electrons. The van der Waals surface area contributed by atoms with Gasteiger partial charge in [0, 0.05) is 63.5 Å². The van der Waals surface area contributed by atoms with Crippen molar-refractivity contribution >= 4 is 12.2 Å². The standard InChI is InChI=1S/C30H45N5O4/c1-29(2,3)38-27(36)34-14-8-9-24(20-34)26-25(21-35(31-26)28(37)39-30(4,5)6)23-12-10-22(11-13-23)19-33-17-15-32(7)16-18-33/h10-13,21,24H,8-9,14-20H2,1-7H3/t24-/m0/s1. The molecule has 1 aromatic carbocycles. The molecule has 0 spiro atoms. The Morgan fingerprint density at radius 2 is 1.51 bits per heavy atom. The van der Waals surface area contributed by atoms with Crippen LogP contribution in [0.2, 0.25) is 0 Å². The van der Waals surface area contributed by atoms with Crippen LogP contribution in [0.1, 0.15) is 71.6 Å². The summed E-state index contributed by atoms with van der Waals surface area (Å²) in [5.41, 5.74) is 2.77. The zero-order chi connectivity index (χ0) is 28.4. The zero-order valence-electron chi connectivity index (χ0n) is 24.7. The topological polar surface area (TPSA) is 80.1 Å². The van der Waals surface area contributed by atoms with E-state index in [2.05, 4.69) is 41.1 Å². The Morgan fingerprint density at radius 3 is 2.13 bits per heavy atom. The Labute approximate surface area is 233 Å². The van der Waals surface area contributed by atoms with Gasteiger partial charge in [0.05, 0.1) is 5.69 Å². The molecular formula is C30H45N5O4. The first-order chi connectivity index (χ1) is 18.3. The summed E-state index contributed by atoms with van der Waals surface area (Å²) in [6.07, 6.45) is 2.66. The number of rotatable bonds is 4. The normalized spacial score (nSPS) is 19.7. The van der Waals surface area contributed by atoms with Crippen molar-refractivity contribution in [2.75, 3.05) is 46.3 Å². The smallest absolute Gasteiger partial charge is 0.435 e. The number of piperidine rings is 1. The molecule has 39 heavy (non-hydrogen) atoms. The van der Waals surface area contributed by atoms with E-state index in [4.69, 9.17) is 14.6 Å². The molecule has 9 heteroatoms. The van der Waals surface area contributed by atoms with Crippen LogP contribution in [0.25, 0.3) is 11.1 Å². The van der Waals surface area contributed by atoms with Crippen molar-refractivity contribution in [1.82, 2.24) is 24.5 Å². The van der Waals surface area contributed by atoms with Gasteiger partial charge in [0.2, 0.25) is 0 Å². The molecule has 2 saturated heterocycles. The molecule has 2 aliphatic rings. The van der Waals surface area contributed by atoms with Gasteiger partial charge in [-0.1, -0.05) is 24.3 Å². The first kappa shape index (κ1) is 29.1. The lowest BCUT2D eigenvalue weighted by molar-refractivity contribution is 0.0196. The third kappa shape index (κ3) is 8.05. The average Bonchev–Trinajstić information content (AvgIpc) is 3.30. The molecule has 1 aromatic heterocycles. The molecule has 3 heterocycles. The summed E-state index contributed by atoms with van der Waals surface area (Å²) in [5.74, 6) is -0.0185. The molecule has 4 rings (SSSR count). The van der Waals surface area contributed by atoms with E-state index in [1.165, 1.54) is 10.2 Å². The quantitative estimate of drug-likeness (QED) is 0.529. The molecule has 0 radical (unpaired) electrons. The Hall–Kier alpha value is -2.91. The van der Waals surface area contributed by atoms with E-state index in [9.17, 15) is 9.59 Å². The van der Waals surface area contributed by atoms with Crippen LogP contribution in [-0.4, -0.2) is 94.2 Å². The van der Waals surface area contributed by atoms with Crippen molar-refractivity contribution in [2.45, 2.75) is 78.0 Å². The highest BCUT2D eigenvalue weighted by molar-refractivity contribution is 5.75. The number of piperazine rings is 1. The van der Waals surface area contributed by atoms with E-state index in [-0.39, 0.29) is 12.0 Å². The predicted octanol–water partition coefficient (Wildman–Crippen LogP) is 5.20. The maximum atomic E-state index is 13.0. The van der Waals surface area contributed by atoms with E-state index in [0.717, 1.165) is 62.4 Å². The molecule has 0 saturated carbocycles. The number of likely N-dealkylation sites (N-methyl/N-ethyl adjacent to an activating group) is 1. The number of carbonyl (C=O) groups is 2. The van der Waals surface area contributed by atoms with Crippen molar-refractivity contribution in [3.8, 4) is 11.1 Å². The van der Waals surface area contributed by atoms with Crippen molar-refractivity contribution < 1.29 is 19.1 Å². The summed E-state index contributed by atoms with van der Waals surface area (Å²) in [6, 6.07) is 8.55. The van der Waals surface area contributed by atoms with Crippen LogP contribution < -0.4 is 0 Å². The summed E-state index contributed by atoms with van der Waals surface area (Å²) in [4.78, 5) is 32.4. The minimum absolute atomic E-state index is 0.0185. The average molecular weight is 540 g/mol. The van der Waals surface area contributed by atoms with Crippen molar-refractivity contribution in [3.05, 3.63) is 41.7 Å². The van der Waals surface area contributed by atoms with Gasteiger partial charge in [-0.25, -0.2) is 9.59 Å². The van der Waals surface area contributed by atoms with Gasteiger partial charge in [-0.15, -0.1) is 0 Å². The Kier molecular flexibility index (Phi) is 8.71. The molecule has 0 bridgehead atoms. The van der Waals surface area contributed by atoms with Crippen LogP contribution in [0.5, 0.6) is 0 Å². The van der Waals surface area contributed by atoms with Gasteiger partial charge < -0.3 is 19.3 Å². The molecule has 0 N–H and O–H groups in total. The third-order valence-electron chi connectivity index (χ3n) is 7.05. The van der Waals surface area contributed by atoms with E-state index in [0.29, 0.717) is 13.1 Å². The number of likely N-dealkylation sites (tertiary alicyclic amines) is 1. The van der Waals surface area contributed by atoms with Crippen molar-refractivity contribution in [1.29, 1.82) is 0 Å². The first-order valence-electron chi connectivity index (χ1n) is 14.1. The number of benzene rings is 1. The summed E-state index contributed by atoms with van der Waals surface area (Å²) < 4.78 is 12.6. The van der Waals surface area contributed by atoms with Crippen LogP contribution >= 0.6 is 0 Å². The SMILES string of the molecule is CN1CCN(Cc2ccc(-c3cn(C(=O)OC(C)(C)C)nc3[C@H]3CCCN(C(=O)OC(C)(C)C)C3)cc2)CC1. The lowest BCUT2D eigenvalue weighted by atomic mass is 9.90. The number of hydrogen-bond donors (Lipinski definition) is 0. The molecule has 9 nitrogen and oxygen atoms in total. The maximum Gasteiger partial charge on any atom is 0.435 e. The second-order valence-corrected chi connectivity index (χ2v) is 12.9. The molecule has 2 aliphatic heterocycles. The Bertz CT molecular complexity index is 1140. The fourth-order valence-corrected chi connectivity index (χ4v) is 5.06. The molecule has 0 aliphatic carbocycles. The largest absolute Gasteiger partial charge is 0.444 e. The van der Waals surface area contributed by atoms with Gasteiger partial charge in [0.15, 0.2) is 0 Å².